The summed E-state index contributed by atoms with van der Waals surface area (Å²) in [5, 5.41) is 4.37. The van der Waals surface area contributed by atoms with Crippen LogP contribution in [0, 0.1) is 0 Å². The van der Waals surface area contributed by atoms with Crippen LogP contribution in [0.2, 0.25) is 0 Å². The molecule has 8 nitrogen and oxygen atoms in total. The van der Waals surface area contributed by atoms with Gasteiger partial charge in [0.1, 0.15) is 0 Å². The highest BCUT2D eigenvalue weighted by molar-refractivity contribution is 5.86. The maximum absolute atomic E-state index is 5.45. The fourth-order valence-electron chi connectivity index (χ4n) is 3.15. The summed E-state index contributed by atoms with van der Waals surface area (Å²) in [6.45, 7) is 2.97. The maximum Gasteiger partial charge on any atom is 0.231 e. The van der Waals surface area contributed by atoms with Gasteiger partial charge in [0.2, 0.25) is 5.95 Å². The molecule has 0 atom stereocenters. The number of pyridine rings is 1. The van der Waals surface area contributed by atoms with E-state index in [-0.39, 0.29) is 0 Å². The van der Waals surface area contributed by atoms with Gasteiger partial charge in [0.25, 0.3) is 0 Å². The lowest BCUT2D eigenvalue weighted by Crippen LogP contribution is -2.37. The largest absolute Gasteiger partial charge is 0.378 e. The second-order valence-electron chi connectivity index (χ2n) is 6.11. The summed E-state index contributed by atoms with van der Waals surface area (Å²) in [5.41, 5.74) is 3.36. The minimum absolute atomic E-state index is 0.534. The predicted octanol–water partition coefficient (Wildman–Crippen LogP) is 2.48. The standard InChI is InChI=1S/C18H17N7O/c1-2-12-10-13(3-4-14(12)19-5-1)22-18-23-16-15(20-11-21-16)17(24-18)25-6-8-26-9-7-25/h1-5,10-11H,6-9H2,(H2,20,21,22,23,24). The summed E-state index contributed by atoms with van der Waals surface area (Å²) >= 11 is 0. The molecule has 1 aromatic carbocycles. The minimum atomic E-state index is 0.534. The van der Waals surface area contributed by atoms with E-state index in [1.165, 1.54) is 0 Å². The fourth-order valence-corrected chi connectivity index (χ4v) is 3.15. The van der Waals surface area contributed by atoms with Gasteiger partial charge in [0, 0.05) is 30.4 Å². The number of ether oxygens (including phenoxy) is 1. The molecule has 8 heteroatoms. The van der Waals surface area contributed by atoms with E-state index in [0.29, 0.717) is 24.8 Å². The third-order valence-corrected chi connectivity index (χ3v) is 4.43. The van der Waals surface area contributed by atoms with E-state index in [9.17, 15) is 0 Å². The van der Waals surface area contributed by atoms with Gasteiger partial charge in [-0.05, 0) is 24.3 Å². The number of nitrogens with zero attached hydrogens (tertiary/aromatic N) is 5. The number of anilines is 3. The van der Waals surface area contributed by atoms with E-state index in [1.54, 1.807) is 12.5 Å². The zero-order valence-electron chi connectivity index (χ0n) is 14.0. The third-order valence-electron chi connectivity index (χ3n) is 4.43. The van der Waals surface area contributed by atoms with Crippen molar-refractivity contribution in [2.45, 2.75) is 0 Å². The minimum Gasteiger partial charge on any atom is -0.378 e. The van der Waals surface area contributed by atoms with Crippen molar-refractivity contribution in [1.29, 1.82) is 0 Å². The molecule has 0 unspecified atom stereocenters. The Balaban J connectivity index is 1.53. The monoisotopic (exact) mass is 347 g/mol. The number of H-pyrrole nitrogens is 1. The molecule has 0 amide bonds. The van der Waals surface area contributed by atoms with Crippen LogP contribution < -0.4 is 10.2 Å². The average Bonchev–Trinajstić information content (AvgIpc) is 3.16. The summed E-state index contributed by atoms with van der Waals surface area (Å²) in [6.07, 6.45) is 3.44. The van der Waals surface area contributed by atoms with Gasteiger partial charge >= 0.3 is 0 Å². The molecule has 4 heterocycles. The Morgan fingerprint density at radius 1 is 1.08 bits per heavy atom. The van der Waals surface area contributed by atoms with Gasteiger partial charge in [-0.3, -0.25) is 4.98 Å². The van der Waals surface area contributed by atoms with E-state index >= 15 is 0 Å². The molecule has 1 aliphatic heterocycles. The lowest BCUT2D eigenvalue weighted by molar-refractivity contribution is 0.122. The van der Waals surface area contributed by atoms with E-state index in [0.717, 1.165) is 41.0 Å². The van der Waals surface area contributed by atoms with Gasteiger partial charge in [0.05, 0.1) is 25.1 Å². The molecule has 0 radical (unpaired) electrons. The second kappa shape index (κ2) is 6.23. The number of rotatable bonds is 3. The van der Waals surface area contributed by atoms with Crippen molar-refractivity contribution in [2.24, 2.45) is 0 Å². The molecule has 26 heavy (non-hydrogen) atoms. The van der Waals surface area contributed by atoms with Crippen LogP contribution in [0.25, 0.3) is 22.1 Å². The van der Waals surface area contributed by atoms with Crippen LogP contribution in [0.3, 0.4) is 0 Å². The quantitative estimate of drug-likeness (QED) is 0.588. The van der Waals surface area contributed by atoms with Crippen molar-refractivity contribution >= 4 is 39.5 Å². The average molecular weight is 347 g/mol. The molecule has 5 rings (SSSR count). The molecule has 0 spiro atoms. The molecule has 0 aliphatic carbocycles. The first-order valence-electron chi connectivity index (χ1n) is 8.52. The van der Waals surface area contributed by atoms with Crippen LogP contribution >= 0.6 is 0 Å². The number of hydrogen-bond donors (Lipinski definition) is 2. The molecule has 1 saturated heterocycles. The first kappa shape index (κ1) is 15.0. The van der Waals surface area contributed by atoms with Crippen molar-refractivity contribution in [1.82, 2.24) is 24.9 Å². The molecule has 3 aromatic heterocycles. The highest BCUT2D eigenvalue weighted by Gasteiger charge is 2.19. The van der Waals surface area contributed by atoms with Crippen LogP contribution in [-0.2, 0) is 4.74 Å². The van der Waals surface area contributed by atoms with Gasteiger partial charge in [0.15, 0.2) is 17.0 Å². The fraction of sp³-hybridized carbons (Fsp3) is 0.222. The Bertz CT molecular complexity index is 1070. The molecule has 0 bridgehead atoms. The van der Waals surface area contributed by atoms with Crippen LogP contribution in [0.4, 0.5) is 17.5 Å². The Hall–Kier alpha value is -3.26. The Morgan fingerprint density at radius 3 is 2.92 bits per heavy atom. The number of imidazole rings is 1. The molecule has 130 valence electrons. The Morgan fingerprint density at radius 2 is 2.00 bits per heavy atom. The van der Waals surface area contributed by atoms with Crippen LogP contribution in [0.5, 0.6) is 0 Å². The molecule has 2 N–H and O–H groups in total. The van der Waals surface area contributed by atoms with Gasteiger partial charge < -0.3 is 19.9 Å². The summed E-state index contributed by atoms with van der Waals surface area (Å²) in [6, 6.07) is 9.96. The molecular formula is C18H17N7O. The highest BCUT2D eigenvalue weighted by Crippen LogP contribution is 2.26. The normalized spacial score (nSPS) is 14.8. The lowest BCUT2D eigenvalue weighted by Gasteiger charge is -2.28. The van der Waals surface area contributed by atoms with Gasteiger partial charge in [-0.2, -0.15) is 9.97 Å². The zero-order chi connectivity index (χ0) is 17.3. The molecule has 1 aliphatic rings. The Labute approximate surface area is 149 Å². The van der Waals surface area contributed by atoms with Crippen molar-refractivity contribution in [3.05, 3.63) is 42.9 Å². The summed E-state index contributed by atoms with van der Waals surface area (Å²) in [7, 11) is 0. The number of hydrogen-bond acceptors (Lipinski definition) is 7. The smallest absolute Gasteiger partial charge is 0.231 e. The number of fused-ring (bicyclic) bond motifs is 2. The number of aromatic nitrogens is 5. The number of benzene rings is 1. The second-order valence-corrected chi connectivity index (χ2v) is 6.11. The first-order chi connectivity index (χ1) is 12.9. The van der Waals surface area contributed by atoms with E-state index < -0.39 is 0 Å². The number of nitrogens with one attached hydrogen (secondary N) is 2. The lowest BCUT2D eigenvalue weighted by atomic mass is 10.2. The van der Waals surface area contributed by atoms with Gasteiger partial charge in [-0.25, -0.2) is 4.98 Å². The van der Waals surface area contributed by atoms with Gasteiger partial charge in [-0.1, -0.05) is 6.07 Å². The van der Waals surface area contributed by atoms with E-state index in [2.05, 4.69) is 30.2 Å². The van der Waals surface area contributed by atoms with Crippen molar-refractivity contribution in [2.75, 3.05) is 36.5 Å². The summed E-state index contributed by atoms with van der Waals surface area (Å²) < 4.78 is 5.45. The van der Waals surface area contributed by atoms with E-state index in [4.69, 9.17) is 9.72 Å². The zero-order valence-corrected chi connectivity index (χ0v) is 14.0. The first-order valence-corrected chi connectivity index (χ1v) is 8.52. The summed E-state index contributed by atoms with van der Waals surface area (Å²) in [4.78, 5) is 23.3. The van der Waals surface area contributed by atoms with Gasteiger partial charge in [-0.15, -0.1) is 0 Å². The summed E-state index contributed by atoms with van der Waals surface area (Å²) in [5.74, 6) is 1.36. The SMILES string of the molecule is c1cnc2ccc(Nc3nc(N4CCOCC4)c4nc[nH]c4n3)cc2c1. The molecule has 4 aromatic rings. The van der Waals surface area contributed by atoms with Crippen molar-refractivity contribution < 1.29 is 4.74 Å². The van der Waals surface area contributed by atoms with Crippen LogP contribution in [0.1, 0.15) is 0 Å². The molecule has 0 saturated carbocycles. The maximum atomic E-state index is 5.45. The van der Waals surface area contributed by atoms with Crippen molar-refractivity contribution in [3.8, 4) is 0 Å². The Kier molecular flexibility index (Phi) is 3.60. The molecular weight excluding hydrogens is 330 g/mol. The highest BCUT2D eigenvalue weighted by atomic mass is 16.5. The molecule has 1 fully saturated rings. The van der Waals surface area contributed by atoms with E-state index in [1.807, 2.05) is 30.3 Å². The number of morpholine rings is 1. The third kappa shape index (κ3) is 2.70. The topological polar surface area (TPSA) is 91.9 Å². The number of aromatic amines is 1. The van der Waals surface area contributed by atoms with Crippen LogP contribution in [0.15, 0.2) is 42.9 Å². The van der Waals surface area contributed by atoms with Crippen molar-refractivity contribution in [3.63, 3.8) is 0 Å². The predicted molar refractivity (Wildman–Crippen MR) is 99.7 cm³/mol. The van der Waals surface area contributed by atoms with Crippen LogP contribution in [-0.4, -0.2) is 51.2 Å².